The van der Waals surface area contributed by atoms with E-state index in [1.807, 2.05) is 0 Å². The molecule has 0 unspecified atom stereocenters. The monoisotopic (exact) mass is 214 g/mol. The third-order valence-corrected chi connectivity index (χ3v) is 1.22. The molecule has 4 nitrogen and oxygen atoms in total. The predicted octanol–water partition coefficient (Wildman–Crippen LogP) is 2.21. The Hall–Kier alpha value is -1.58. The molecule has 0 aromatic heterocycles. The van der Waals surface area contributed by atoms with E-state index in [0.29, 0.717) is 19.5 Å². The molecule has 0 aliphatic carbocycles. The zero-order valence-electron chi connectivity index (χ0n) is 9.11. The Labute approximate surface area is 90.6 Å². The van der Waals surface area contributed by atoms with Gasteiger partial charge < -0.3 is 9.47 Å². The maximum Gasteiger partial charge on any atom is 0.309 e. The maximum atomic E-state index is 10.6. The van der Waals surface area contributed by atoms with Crippen LogP contribution in [-0.2, 0) is 19.1 Å². The van der Waals surface area contributed by atoms with Crippen molar-refractivity contribution in [1.82, 2.24) is 0 Å². The summed E-state index contributed by atoms with van der Waals surface area (Å²) in [7, 11) is 0. The summed E-state index contributed by atoms with van der Waals surface area (Å²) in [4.78, 5) is 19.7. The number of esters is 1. The quantitative estimate of drug-likeness (QED) is 0.214. The zero-order chi connectivity index (χ0) is 11.9. The third-order valence-electron chi connectivity index (χ3n) is 1.22. The van der Waals surface area contributed by atoms with Crippen LogP contribution < -0.4 is 0 Å². The summed E-state index contributed by atoms with van der Waals surface area (Å²) in [6, 6.07) is 0. The predicted molar refractivity (Wildman–Crippen MR) is 58.0 cm³/mol. The van der Waals surface area contributed by atoms with Crippen LogP contribution in [0.1, 0.15) is 26.2 Å². The van der Waals surface area contributed by atoms with E-state index in [4.69, 9.17) is 9.53 Å². The second-order valence-corrected chi connectivity index (χ2v) is 2.47. The Morgan fingerprint density at radius 1 is 1.40 bits per heavy atom. The van der Waals surface area contributed by atoms with Gasteiger partial charge in [0.25, 0.3) is 6.47 Å². The Balaban J connectivity index is 0. The van der Waals surface area contributed by atoms with E-state index in [2.05, 4.69) is 24.8 Å². The zero-order valence-corrected chi connectivity index (χ0v) is 9.11. The Morgan fingerprint density at radius 2 is 2.07 bits per heavy atom. The summed E-state index contributed by atoms with van der Waals surface area (Å²) in [6.07, 6.45) is 4.94. The van der Waals surface area contributed by atoms with Crippen molar-refractivity contribution in [3.8, 4) is 0 Å². The Kier molecular flexibility index (Phi) is 15.8. The van der Waals surface area contributed by atoms with Gasteiger partial charge in [0.05, 0.1) is 19.3 Å². The first-order valence-corrected chi connectivity index (χ1v) is 4.69. The number of ether oxygens (including phenoxy) is 2. The number of hydrogen-bond acceptors (Lipinski definition) is 4. The molecule has 0 radical (unpaired) electrons. The van der Waals surface area contributed by atoms with Crippen molar-refractivity contribution in [2.24, 2.45) is 0 Å². The molecule has 4 heteroatoms. The molecule has 0 saturated carbocycles. The summed E-state index contributed by atoms with van der Waals surface area (Å²) in [5, 5.41) is 0. The molecule has 0 bridgehead atoms. The minimum atomic E-state index is -0.177. The minimum Gasteiger partial charge on any atom is -0.465 e. The van der Waals surface area contributed by atoms with Crippen molar-refractivity contribution in [3.63, 3.8) is 0 Å². The molecule has 0 aromatic carbocycles. The van der Waals surface area contributed by atoms with Gasteiger partial charge in [0.15, 0.2) is 0 Å². The molecule has 0 heterocycles. The molecule has 0 rings (SSSR count). The number of unbranched alkanes of at least 4 members (excludes halogenated alkanes) is 1. The topological polar surface area (TPSA) is 52.6 Å². The Morgan fingerprint density at radius 3 is 2.40 bits per heavy atom. The van der Waals surface area contributed by atoms with E-state index in [0.717, 1.165) is 19.1 Å². The van der Waals surface area contributed by atoms with Gasteiger partial charge in [0.1, 0.15) is 0 Å². The van der Waals surface area contributed by atoms with Crippen LogP contribution in [0.3, 0.4) is 0 Å². The van der Waals surface area contributed by atoms with E-state index in [1.165, 1.54) is 0 Å². The highest BCUT2D eigenvalue weighted by atomic mass is 16.5. The number of carbonyl (C=O) groups is 2. The van der Waals surface area contributed by atoms with Crippen molar-refractivity contribution in [2.45, 2.75) is 26.2 Å². The van der Waals surface area contributed by atoms with Gasteiger partial charge in [-0.25, -0.2) is 0 Å². The second-order valence-electron chi connectivity index (χ2n) is 2.47. The van der Waals surface area contributed by atoms with Gasteiger partial charge in [0, 0.05) is 0 Å². The van der Waals surface area contributed by atoms with Crippen molar-refractivity contribution in [1.29, 1.82) is 0 Å². The molecule has 86 valence electrons. The van der Waals surface area contributed by atoms with Crippen LogP contribution in [0.2, 0.25) is 0 Å². The van der Waals surface area contributed by atoms with Crippen LogP contribution in [0.4, 0.5) is 0 Å². The fourth-order valence-electron chi connectivity index (χ4n) is 0.546. The summed E-state index contributed by atoms with van der Waals surface area (Å²) in [6.45, 7) is 9.44. The molecular formula is C11H18O4. The molecule has 0 atom stereocenters. The van der Waals surface area contributed by atoms with Gasteiger partial charge in [-0.2, -0.15) is 0 Å². The van der Waals surface area contributed by atoms with Crippen LogP contribution >= 0.6 is 0 Å². The van der Waals surface area contributed by atoms with Crippen molar-refractivity contribution in [3.05, 3.63) is 25.5 Å². The van der Waals surface area contributed by atoms with Crippen molar-refractivity contribution < 1.29 is 19.1 Å². The first kappa shape index (κ1) is 15.9. The summed E-state index contributed by atoms with van der Waals surface area (Å²) < 4.78 is 8.73. The van der Waals surface area contributed by atoms with E-state index >= 15 is 0 Å². The van der Waals surface area contributed by atoms with Crippen LogP contribution in [0.5, 0.6) is 0 Å². The van der Waals surface area contributed by atoms with Gasteiger partial charge in [-0.1, -0.05) is 26.0 Å². The average Bonchev–Trinajstić information content (AvgIpc) is 2.21. The highest BCUT2D eigenvalue weighted by Crippen LogP contribution is 1.91. The van der Waals surface area contributed by atoms with Crippen LogP contribution in [0.15, 0.2) is 25.5 Å². The van der Waals surface area contributed by atoms with Gasteiger partial charge in [-0.3, -0.25) is 9.59 Å². The van der Waals surface area contributed by atoms with Crippen molar-refractivity contribution >= 4 is 12.4 Å². The molecule has 0 saturated heterocycles. The summed E-state index contributed by atoms with van der Waals surface area (Å²) >= 11 is 0. The summed E-state index contributed by atoms with van der Waals surface area (Å²) in [5.74, 6) is -0.177. The standard InChI is InChI=1S/C8H14O2.C3H4O2/c1-3-5-7-10-8(9)6-4-2;1-2-5-3-4/h4H,2-3,5-7H2,1H3;2-3H,1H2. The Bertz CT molecular complexity index is 181. The lowest BCUT2D eigenvalue weighted by molar-refractivity contribution is -0.142. The lowest BCUT2D eigenvalue weighted by Gasteiger charge is -1.99. The lowest BCUT2D eigenvalue weighted by Crippen LogP contribution is -2.03. The first-order valence-electron chi connectivity index (χ1n) is 4.69. The molecule has 0 aromatic rings. The van der Waals surface area contributed by atoms with Crippen LogP contribution in [0, 0.1) is 0 Å². The van der Waals surface area contributed by atoms with Gasteiger partial charge in [-0.05, 0) is 6.42 Å². The fourth-order valence-corrected chi connectivity index (χ4v) is 0.546. The van der Waals surface area contributed by atoms with Gasteiger partial charge in [0.2, 0.25) is 0 Å². The highest BCUT2D eigenvalue weighted by molar-refractivity contribution is 5.70. The molecule has 0 N–H and O–H groups in total. The summed E-state index contributed by atoms with van der Waals surface area (Å²) in [5.41, 5.74) is 0. The first-order chi connectivity index (χ1) is 7.22. The minimum absolute atomic E-state index is 0.177. The van der Waals surface area contributed by atoms with Crippen LogP contribution in [-0.4, -0.2) is 19.0 Å². The van der Waals surface area contributed by atoms with E-state index in [1.54, 1.807) is 6.08 Å². The normalized spacial score (nSPS) is 7.80. The van der Waals surface area contributed by atoms with E-state index in [-0.39, 0.29) is 5.97 Å². The number of hydrogen-bond donors (Lipinski definition) is 0. The molecule has 0 amide bonds. The molecule has 0 fully saturated rings. The lowest BCUT2D eigenvalue weighted by atomic mass is 10.3. The molecular weight excluding hydrogens is 196 g/mol. The number of carbonyl (C=O) groups excluding carboxylic acids is 2. The number of rotatable bonds is 7. The van der Waals surface area contributed by atoms with E-state index < -0.39 is 0 Å². The van der Waals surface area contributed by atoms with Crippen LogP contribution in [0.25, 0.3) is 0 Å². The smallest absolute Gasteiger partial charge is 0.309 e. The molecule has 0 aliphatic heterocycles. The van der Waals surface area contributed by atoms with E-state index in [9.17, 15) is 4.79 Å². The largest absolute Gasteiger partial charge is 0.465 e. The third kappa shape index (κ3) is 19.0. The molecule has 0 aliphatic rings. The maximum absolute atomic E-state index is 10.6. The molecule has 15 heavy (non-hydrogen) atoms. The fraction of sp³-hybridized carbons (Fsp3) is 0.455. The second kappa shape index (κ2) is 14.9. The molecule has 0 spiro atoms. The van der Waals surface area contributed by atoms with Gasteiger partial charge in [-0.15, -0.1) is 6.58 Å². The SMILES string of the molecule is C=CCC(=O)OCCCC.C=COC=O. The highest BCUT2D eigenvalue weighted by Gasteiger charge is 1.96. The average molecular weight is 214 g/mol. The van der Waals surface area contributed by atoms with Gasteiger partial charge >= 0.3 is 5.97 Å². The van der Waals surface area contributed by atoms with Crippen molar-refractivity contribution in [2.75, 3.05) is 6.61 Å².